The number of hydrogen-bond donors (Lipinski definition) is 2. The average Bonchev–Trinajstić information content (AvgIpc) is 2.76. The lowest BCUT2D eigenvalue weighted by Crippen LogP contribution is -2.44. The van der Waals surface area contributed by atoms with Crippen LogP contribution in [0, 0.1) is 12.8 Å². The summed E-state index contributed by atoms with van der Waals surface area (Å²) in [7, 11) is 0. The van der Waals surface area contributed by atoms with Crippen LogP contribution in [0.4, 0.5) is 0 Å². The van der Waals surface area contributed by atoms with E-state index in [-0.39, 0.29) is 30.5 Å². The van der Waals surface area contributed by atoms with Crippen molar-refractivity contribution in [1.29, 1.82) is 0 Å². The molecular weight excluding hydrogens is 400 g/mol. The Bertz CT molecular complexity index is 866. The first-order valence-electron chi connectivity index (χ1n) is 10.6. The van der Waals surface area contributed by atoms with Gasteiger partial charge in [0.1, 0.15) is 5.75 Å². The molecule has 1 saturated heterocycles. The molecule has 0 spiro atoms. The standard InChI is InChI=1S/C24H30N2O3.ClH/c1-16-7-8-19-20(24(16)28)14-21(29-22(19)15-25)18-9-11-26(12-10-18)23(27)13-17-5-3-2-4-6-17;/h2-8,18,21-22,28H,9-15,25H2,1H3;1H/t21-,22-;/m0./s1. The van der Waals surface area contributed by atoms with Crippen LogP contribution in [0.1, 0.15) is 41.2 Å². The van der Waals surface area contributed by atoms with Crippen LogP contribution in [0.15, 0.2) is 42.5 Å². The first-order valence-corrected chi connectivity index (χ1v) is 10.6. The molecule has 2 atom stereocenters. The Morgan fingerprint density at radius 2 is 1.87 bits per heavy atom. The Balaban J connectivity index is 0.00000256. The van der Waals surface area contributed by atoms with E-state index < -0.39 is 0 Å². The predicted octanol–water partition coefficient (Wildman–Crippen LogP) is 3.54. The predicted molar refractivity (Wildman–Crippen MR) is 120 cm³/mol. The third-order valence-electron chi connectivity index (χ3n) is 6.44. The van der Waals surface area contributed by atoms with Crippen LogP contribution >= 0.6 is 12.4 Å². The number of nitrogens with zero attached hydrogens (tertiary/aromatic N) is 1. The Labute approximate surface area is 184 Å². The lowest BCUT2D eigenvalue weighted by atomic mass is 9.83. The number of amides is 1. The number of piperidine rings is 1. The third kappa shape index (κ3) is 4.64. The number of ether oxygens (including phenoxy) is 1. The van der Waals surface area contributed by atoms with Crippen molar-refractivity contribution in [2.45, 2.75) is 44.8 Å². The molecule has 1 fully saturated rings. The molecule has 0 bridgehead atoms. The molecule has 0 radical (unpaired) electrons. The Morgan fingerprint density at radius 3 is 2.53 bits per heavy atom. The summed E-state index contributed by atoms with van der Waals surface area (Å²) < 4.78 is 6.35. The van der Waals surface area contributed by atoms with Crippen LogP contribution in [-0.4, -0.2) is 41.7 Å². The van der Waals surface area contributed by atoms with Crippen LogP contribution in [0.25, 0.3) is 0 Å². The summed E-state index contributed by atoms with van der Waals surface area (Å²) >= 11 is 0. The van der Waals surface area contributed by atoms with Gasteiger partial charge in [-0.2, -0.15) is 0 Å². The Morgan fingerprint density at radius 1 is 1.17 bits per heavy atom. The largest absolute Gasteiger partial charge is 0.507 e. The topological polar surface area (TPSA) is 75.8 Å². The van der Waals surface area contributed by atoms with Crippen LogP contribution in [-0.2, 0) is 22.4 Å². The fourth-order valence-electron chi connectivity index (χ4n) is 4.68. The zero-order chi connectivity index (χ0) is 20.4. The molecule has 6 heteroatoms. The summed E-state index contributed by atoms with van der Waals surface area (Å²) in [6.45, 7) is 3.85. The molecule has 1 amide bonds. The molecule has 162 valence electrons. The van der Waals surface area contributed by atoms with Crippen molar-refractivity contribution in [1.82, 2.24) is 4.90 Å². The minimum atomic E-state index is -0.173. The number of halogens is 1. The molecule has 4 rings (SSSR count). The average molecular weight is 431 g/mol. The summed E-state index contributed by atoms with van der Waals surface area (Å²) in [5, 5.41) is 10.6. The lowest BCUT2D eigenvalue weighted by Gasteiger charge is -2.40. The minimum absolute atomic E-state index is 0. The van der Waals surface area contributed by atoms with Gasteiger partial charge in [0.15, 0.2) is 0 Å². The van der Waals surface area contributed by atoms with Gasteiger partial charge in [-0.25, -0.2) is 0 Å². The first kappa shape index (κ1) is 22.6. The zero-order valence-corrected chi connectivity index (χ0v) is 18.2. The van der Waals surface area contributed by atoms with Gasteiger partial charge in [0, 0.05) is 31.6 Å². The van der Waals surface area contributed by atoms with Crippen LogP contribution in [0.2, 0.25) is 0 Å². The molecule has 3 N–H and O–H groups in total. The van der Waals surface area contributed by atoms with Crippen molar-refractivity contribution < 1.29 is 14.6 Å². The van der Waals surface area contributed by atoms with Crippen LogP contribution in [0.5, 0.6) is 5.75 Å². The van der Waals surface area contributed by atoms with E-state index in [0.717, 1.165) is 48.2 Å². The number of benzene rings is 2. The second kappa shape index (κ2) is 9.82. The van der Waals surface area contributed by atoms with Crippen molar-refractivity contribution >= 4 is 18.3 Å². The summed E-state index contributed by atoms with van der Waals surface area (Å²) in [6.07, 6.45) is 2.88. The monoisotopic (exact) mass is 430 g/mol. The normalized spacial score (nSPS) is 21.6. The van der Waals surface area contributed by atoms with E-state index in [1.165, 1.54) is 0 Å². The maximum atomic E-state index is 12.6. The van der Waals surface area contributed by atoms with Gasteiger partial charge in [-0.3, -0.25) is 4.79 Å². The fourth-order valence-corrected chi connectivity index (χ4v) is 4.68. The lowest BCUT2D eigenvalue weighted by molar-refractivity contribution is -0.133. The van der Waals surface area contributed by atoms with E-state index in [1.54, 1.807) is 0 Å². The molecule has 2 aliphatic heterocycles. The smallest absolute Gasteiger partial charge is 0.226 e. The number of hydrogen-bond acceptors (Lipinski definition) is 4. The molecule has 0 aliphatic carbocycles. The second-order valence-corrected chi connectivity index (χ2v) is 8.28. The van der Waals surface area contributed by atoms with Gasteiger partial charge in [-0.1, -0.05) is 42.5 Å². The SMILES string of the molecule is Cc1ccc2c(c1O)C[C@@H](C1CCN(C(=O)Cc3ccccc3)CC1)O[C@H]2CN.Cl. The number of carbonyl (C=O) groups is 1. The highest BCUT2D eigenvalue weighted by Crippen LogP contribution is 2.40. The van der Waals surface area contributed by atoms with E-state index >= 15 is 0 Å². The molecular formula is C24H31ClN2O3. The minimum Gasteiger partial charge on any atom is -0.507 e. The van der Waals surface area contributed by atoms with E-state index in [1.807, 2.05) is 54.3 Å². The maximum Gasteiger partial charge on any atom is 0.226 e. The van der Waals surface area contributed by atoms with E-state index in [0.29, 0.717) is 31.1 Å². The molecule has 0 saturated carbocycles. The summed E-state index contributed by atoms with van der Waals surface area (Å²) in [5.74, 6) is 0.945. The highest BCUT2D eigenvalue weighted by atomic mass is 35.5. The molecule has 2 aromatic carbocycles. The van der Waals surface area contributed by atoms with Gasteiger partial charge in [0.2, 0.25) is 5.91 Å². The number of aromatic hydroxyl groups is 1. The molecule has 30 heavy (non-hydrogen) atoms. The third-order valence-corrected chi connectivity index (χ3v) is 6.44. The van der Waals surface area contributed by atoms with Crippen molar-refractivity contribution in [3.63, 3.8) is 0 Å². The molecule has 0 aromatic heterocycles. The van der Waals surface area contributed by atoms with Gasteiger partial charge < -0.3 is 20.5 Å². The zero-order valence-electron chi connectivity index (χ0n) is 17.4. The van der Waals surface area contributed by atoms with Crippen molar-refractivity contribution in [3.05, 3.63) is 64.7 Å². The first-order chi connectivity index (χ1) is 14.1. The van der Waals surface area contributed by atoms with Crippen molar-refractivity contribution in [2.75, 3.05) is 19.6 Å². The van der Waals surface area contributed by atoms with E-state index in [9.17, 15) is 9.90 Å². The molecule has 2 aliphatic rings. The number of rotatable bonds is 4. The maximum absolute atomic E-state index is 12.6. The van der Waals surface area contributed by atoms with E-state index in [2.05, 4.69) is 0 Å². The Kier molecular flexibility index (Phi) is 7.40. The number of aryl methyl sites for hydroxylation is 1. The Hall–Kier alpha value is -2.08. The number of phenols is 1. The highest BCUT2D eigenvalue weighted by molar-refractivity contribution is 5.85. The number of nitrogens with two attached hydrogens (primary N) is 1. The summed E-state index contributed by atoms with van der Waals surface area (Å²) in [6, 6.07) is 13.9. The van der Waals surface area contributed by atoms with Gasteiger partial charge >= 0.3 is 0 Å². The van der Waals surface area contributed by atoms with Crippen LogP contribution in [0.3, 0.4) is 0 Å². The molecule has 2 aromatic rings. The van der Waals surface area contributed by atoms with Crippen molar-refractivity contribution in [2.24, 2.45) is 11.7 Å². The van der Waals surface area contributed by atoms with Gasteiger partial charge in [-0.15, -0.1) is 12.4 Å². The fraction of sp³-hybridized carbons (Fsp3) is 0.458. The van der Waals surface area contributed by atoms with Gasteiger partial charge in [-0.05, 0) is 42.4 Å². The molecule has 0 unspecified atom stereocenters. The highest BCUT2D eigenvalue weighted by Gasteiger charge is 2.36. The van der Waals surface area contributed by atoms with Gasteiger partial charge in [0.05, 0.1) is 18.6 Å². The number of carbonyl (C=O) groups excluding carboxylic acids is 1. The molecule has 5 nitrogen and oxygen atoms in total. The summed E-state index contributed by atoms with van der Waals surface area (Å²) in [5.41, 5.74) is 9.92. The number of likely N-dealkylation sites (tertiary alicyclic amines) is 1. The van der Waals surface area contributed by atoms with Crippen molar-refractivity contribution in [3.8, 4) is 5.75 Å². The van der Waals surface area contributed by atoms with E-state index in [4.69, 9.17) is 10.5 Å². The summed E-state index contributed by atoms with van der Waals surface area (Å²) in [4.78, 5) is 14.6. The number of phenolic OH excluding ortho intramolecular Hbond substituents is 1. The second-order valence-electron chi connectivity index (χ2n) is 8.28. The number of fused-ring (bicyclic) bond motifs is 1. The van der Waals surface area contributed by atoms with Crippen LogP contribution < -0.4 is 5.73 Å². The quantitative estimate of drug-likeness (QED) is 0.777. The van der Waals surface area contributed by atoms with Gasteiger partial charge in [0.25, 0.3) is 0 Å². The molecule has 2 heterocycles.